The summed E-state index contributed by atoms with van der Waals surface area (Å²) >= 11 is 0. The molecule has 120 valence electrons. The molecule has 8 nitrogen and oxygen atoms in total. The van der Waals surface area contributed by atoms with Crippen molar-refractivity contribution in [3.63, 3.8) is 0 Å². The van der Waals surface area contributed by atoms with Crippen molar-refractivity contribution in [3.8, 4) is 11.4 Å². The van der Waals surface area contributed by atoms with Crippen LogP contribution in [-0.4, -0.2) is 40.4 Å². The summed E-state index contributed by atoms with van der Waals surface area (Å²) in [6, 6.07) is 4.35. The number of aryl methyl sites for hydroxylation is 1. The van der Waals surface area contributed by atoms with Crippen LogP contribution in [0, 0.1) is 0 Å². The lowest BCUT2D eigenvalue weighted by Gasteiger charge is -2.07. The van der Waals surface area contributed by atoms with E-state index in [-0.39, 0.29) is 11.4 Å². The van der Waals surface area contributed by atoms with Gasteiger partial charge in [-0.1, -0.05) is 12.1 Å². The van der Waals surface area contributed by atoms with E-state index in [2.05, 4.69) is 30.9 Å². The van der Waals surface area contributed by atoms with Crippen LogP contribution in [0.2, 0.25) is 0 Å². The Morgan fingerprint density at radius 1 is 1.13 bits per heavy atom. The maximum atomic E-state index is 12.8. The summed E-state index contributed by atoms with van der Waals surface area (Å²) < 4.78 is 39.7. The summed E-state index contributed by atoms with van der Waals surface area (Å²) in [5, 5.41) is 22.9. The second kappa shape index (κ2) is 5.41. The van der Waals surface area contributed by atoms with Gasteiger partial charge in [-0.25, -0.2) is 4.68 Å². The van der Waals surface area contributed by atoms with Gasteiger partial charge in [0.2, 0.25) is 5.82 Å². The maximum absolute atomic E-state index is 12.8. The number of halogens is 3. The summed E-state index contributed by atoms with van der Waals surface area (Å²) in [5.74, 6) is 0.594. The van der Waals surface area contributed by atoms with Crippen LogP contribution in [0.5, 0.6) is 0 Å². The van der Waals surface area contributed by atoms with Gasteiger partial charge in [-0.15, -0.1) is 15.3 Å². The quantitative estimate of drug-likeness (QED) is 0.725. The van der Waals surface area contributed by atoms with E-state index in [1.807, 2.05) is 0 Å². The van der Waals surface area contributed by atoms with Crippen molar-refractivity contribution < 1.29 is 13.2 Å². The molecule has 0 bridgehead atoms. The molecule has 0 fully saturated rings. The number of rotatable bonds is 3. The predicted octanol–water partition coefficient (Wildman–Crippen LogP) is 1.49. The summed E-state index contributed by atoms with van der Waals surface area (Å²) in [7, 11) is 1.66. The molecule has 2 heterocycles. The van der Waals surface area contributed by atoms with Crippen LogP contribution >= 0.6 is 0 Å². The number of hydrogen-bond acceptors (Lipinski definition) is 6. The maximum Gasteiger partial charge on any atom is 0.416 e. The van der Waals surface area contributed by atoms with Crippen molar-refractivity contribution in [1.82, 2.24) is 40.4 Å². The van der Waals surface area contributed by atoms with Gasteiger partial charge in [0.15, 0.2) is 5.82 Å². The first kappa shape index (κ1) is 15.1. The molecule has 3 rings (SSSR count). The molecule has 0 N–H and O–H groups in total. The van der Waals surface area contributed by atoms with Crippen LogP contribution in [0.25, 0.3) is 11.4 Å². The molecule has 0 aliphatic rings. The summed E-state index contributed by atoms with van der Waals surface area (Å²) in [6.07, 6.45) is -4.43. The number of tetrazole rings is 2. The SMILES string of the molecule is C[C@@H](c1nnnn1C)n1nnc(-c2cccc(C(F)(F)F)c2)n1. The largest absolute Gasteiger partial charge is 0.416 e. The van der Waals surface area contributed by atoms with Gasteiger partial charge in [0, 0.05) is 12.6 Å². The van der Waals surface area contributed by atoms with Gasteiger partial charge in [-0.05, 0) is 34.7 Å². The zero-order chi connectivity index (χ0) is 16.6. The zero-order valence-electron chi connectivity index (χ0n) is 12.1. The Morgan fingerprint density at radius 3 is 2.57 bits per heavy atom. The van der Waals surface area contributed by atoms with E-state index in [0.717, 1.165) is 12.1 Å². The van der Waals surface area contributed by atoms with E-state index < -0.39 is 17.8 Å². The summed E-state index contributed by atoms with van der Waals surface area (Å²) in [5.41, 5.74) is -0.536. The molecule has 0 spiro atoms. The molecular weight excluding hydrogens is 313 g/mol. The highest BCUT2D eigenvalue weighted by molar-refractivity contribution is 5.55. The lowest BCUT2D eigenvalue weighted by molar-refractivity contribution is -0.137. The number of benzene rings is 1. The minimum Gasteiger partial charge on any atom is -0.231 e. The fourth-order valence-electron chi connectivity index (χ4n) is 2.03. The number of alkyl halides is 3. The second-order valence-electron chi connectivity index (χ2n) is 4.85. The van der Waals surface area contributed by atoms with E-state index in [4.69, 9.17) is 0 Å². The van der Waals surface area contributed by atoms with Crippen LogP contribution in [0.15, 0.2) is 24.3 Å². The average Bonchev–Trinajstić information content (AvgIpc) is 3.15. The molecule has 2 aromatic heterocycles. The lowest BCUT2D eigenvalue weighted by atomic mass is 10.1. The molecule has 1 aromatic carbocycles. The third kappa shape index (κ3) is 2.89. The van der Waals surface area contributed by atoms with Crippen LogP contribution in [0.3, 0.4) is 0 Å². The van der Waals surface area contributed by atoms with Crippen molar-refractivity contribution in [2.45, 2.75) is 19.1 Å². The fourth-order valence-corrected chi connectivity index (χ4v) is 2.03. The highest BCUT2D eigenvalue weighted by Crippen LogP contribution is 2.31. The third-order valence-electron chi connectivity index (χ3n) is 3.25. The molecule has 1 atom stereocenters. The Morgan fingerprint density at radius 2 is 1.91 bits per heavy atom. The molecule has 23 heavy (non-hydrogen) atoms. The standard InChI is InChI=1S/C12H11F3N8/c1-7(11-17-19-21-22(11)2)23-18-10(16-20-23)8-4-3-5-9(6-8)12(13,14)15/h3-7H,1-2H3/t7-/m0/s1. The highest BCUT2D eigenvalue weighted by Gasteiger charge is 2.30. The summed E-state index contributed by atoms with van der Waals surface area (Å²) in [6.45, 7) is 1.75. The minimum atomic E-state index is -4.43. The van der Waals surface area contributed by atoms with Crippen molar-refractivity contribution in [2.75, 3.05) is 0 Å². The lowest BCUT2D eigenvalue weighted by Crippen LogP contribution is -2.15. The molecule has 0 aliphatic heterocycles. The first-order valence-electron chi connectivity index (χ1n) is 6.55. The Balaban J connectivity index is 1.92. The van der Waals surface area contributed by atoms with Gasteiger partial charge in [0.1, 0.15) is 6.04 Å². The average molecular weight is 324 g/mol. The Labute approximate surface area is 127 Å². The van der Waals surface area contributed by atoms with Crippen molar-refractivity contribution in [2.24, 2.45) is 7.05 Å². The van der Waals surface area contributed by atoms with Gasteiger partial charge in [-0.3, -0.25) is 0 Å². The third-order valence-corrected chi connectivity index (χ3v) is 3.25. The van der Waals surface area contributed by atoms with E-state index in [1.54, 1.807) is 14.0 Å². The molecule has 0 saturated heterocycles. The van der Waals surface area contributed by atoms with Crippen molar-refractivity contribution in [1.29, 1.82) is 0 Å². The monoisotopic (exact) mass is 324 g/mol. The Hall–Kier alpha value is -2.85. The van der Waals surface area contributed by atoms with Crippen molar-refractivity contribution in [3.05, 3.63) is 35.7 Å². The van der Waals surface area contributed by atoms with Crippen LogP contribution < -0.4 is 0 Å². The van der Waals surface area contributed by atoms with E-state index in [0.29, 0.717) is 5.82 Å². The normalized spacial score (nSPS) is 13.3. The molecule has 3 aromatic rings. The topological polar surface area (TPSA) is 87.2 Å². The second-order valence-corrected chi connectivity index (χ2v) is 4.85. The highest BCUT2D eigenvalue weighted by atomic mass is 19.4. The van der Waals surface area contributed by atoms with Gasteiger partial charge >= 0.3 is 6.18 Å². The van der Waals surface area contributed by atoms with Gasteiger partial charge in [0.25, 0.3) is 0 Å². The fraction of sp³-hybridized carbons (Fsp3) is 0.333. The molecule has 11 heteroatoms. The molecular formula is C12H11F3N8. The molecule has 0 radical (unpaired) electrons. The van der Waals surface area contributed by atoms with Crippen molar-refractivity contribution >= 4 is 0 Å². The number of nitrogens with zero attached hydrogens (tertiary/aromatic N) is 8. The van der Waals surface area contributed by atoms with Crippen LogP contribution in [0.4, 0.5) is 13.2 Å². The van der Waals surface area contributed by atoms with Crippen LogP contribution in [0.1, 0.15) is 24.4 Å². The minimum absolute atomic E-state index is 0.0954. The van der Waals surface area contributed by atoms with E-state index in [9.17, 15) is 13.2 Å². The number of hydrogen-bond donors (Lipinski definition) is 0. The molecule has 0 saturated carbocycles. The van der Waals surface area contributed by atoms with Crippen LogP contribution in [-0.2, 0) is 13.2 Å². The zero-order valence-corrected chi connectivity index (χ0v) is 12.1. The first-order valence-corrected chi connectivity index (χ1v) is 6.55. The van der Waals surface area contributed by atoms with Gasteiger partial charge in [0.05, 0.1) is 5.56 Å². The van der Waals surface area contributed by atoms with E-state index >= 15 is 0 Å². The van der Waals surface area contributed by atoms with E-state index in [1.165, 1.54) is 21.6 Å². The van der Waals surface area contributed by atoms with Gasteiger partial charge < -0.3 is 0 Å². The first-order chi connectivity index (χ1) is 10.9. The molecule has 0 aliphatic carbocycles. The predicted molar refractivity (Wildman–Crippen MR) is 70.9 cm³/mol. The summed E-state index contributed by atoms with van der Waals surface area (Å²) in [4.78, 5) is 1.25. The van der Waals surface area contributed by atoms with Gasteiger partial charge in [-0.2, -0.15) is 18.0 Å². The number of aromatic nitrogens is 8. The Kier molecular flexibility index (Phi) is 3.54. The molecule has 0 amide bonds. The molecule has 0 unspecified atom stereocenters. The smallest absolute Gasteiger partial charge is 0.231 e. The Bertz CT molecular complexity index is 822.